The summed E-state index contributed by atoms with van der Waals surface area (Å²) in [5.74, 6) is 0. The summed E-state index contributed by atoms with van der Waals surface area (Å²) < 4.78 is 20.8. The summed E-state index contributed by atoms with van der Waals surface area (Å²) >= 11 is 5.79. The Bertz CT molecular complexity index is 407. The number of hydrogen-bond acceptors (Lipinski definition) is 3. The minimum absolute atomic E-state index is 0.0239. The summed E-state index contributed by atoms with van der Waals surface area (Å²) in [7, 11) is -3.82. The van der Waals surface area contributed by atoms with Gasteiger partial charge < -0.3 is 0 Å². The smallest absolute Gasteiger partial charge is 0.281 e. The van der Waals surface area contributed by atoms with Gasteiger partial charge in [-0.15, -0.1) is 0 Å². The number of rotatable bonds is 4. The normalized spacial score (nSPS) is 11.6. The number of nitrogens with two attached hydrogens (primary N) is 1. The number of halogens is 1. The van der Waals surface area contributed by atoms with Crippen LogP contribution in [0, 0.1) is 0 Å². The fourth-order valence-corrected chi connectivity index (χ4v) is 1.22. The van der Waals surface area contributed by atoms with Crippen LogP contribution in [0.25, 0.3) is 0 Å². The highest BCUT2D eigenvalue weighted by Crippen LogP contribution is 2.14. The van der Waals surface area contributed by atoms with Crippen LogP contribution in [-0.2, 0) is 21.7 Å². The zero-order valence-electron chi connectivity index (χ0n) is 7.10. The molecule has 14 heavy (non-hydrogen) atoms. The van der Waals surface area contributed by atoms with E-state index in [0.29, 0.717) is 10.6 Å². The van der Waals surface area contributed by atoms with E-state index in [2.05, 4.69) is 9.98 Å². The fourth-order valence-electron chi connectivity index (χ4n) is 0.805. The maximum atomic E-state index is 10.4. The number of nitrogens with one attached hydrogen (secondary N) is 1. The first-order valence-corrected chi connectivity index (χ1v) is 5.56. The van der Waals surface area contributed by atoms with Crippen molar-refractivity contribution in [3.05, 3.63) is 34.9 Å². The molecule has 0 aliphatic heterocycles. The minimum atomic E-state index is -3.82. The molecule has 3 N–H and O–H groups in total. The van der Waals surface area contributed by atoms with Gasteiger partial charge in [0.1, 0.15) is 0 Å². The third-order valence-corrected chi connectivity index (χ3v) is 2.08. The van der Waals surface area contributed by atoms with Crippen molar-refractivity contribution in [3.8, 4) is 0 Å². The molecule has 0 aliphatic carbocycles. The molecule has 0 aromatic heterocycles. The van der Waals surface area contributed by atoms with E-state index in [1.807, 2.05) is 0 Å². The van der Waals surface area contributed by atoms with Gasteiger partial charge in [0.2, 0.25) is 0 Å². The lowest BCUT2D eigenvalue weighted by Gasteiger charge is -2.04. The maximum absolute atomic E-state index is 10.4. The lowest BCUT2D eigenvalue weighted by Crippen LogP contribution is -2.30. The zero-order chi connectivity index (χ0) is 10.6. The van der Waals surface area contributed by atoms with E-state index in [9.17, 15) is 8.42 Å². The summed E-state index contributed by atoms with van der Waals surface area (Å²) in [5.41, 5.74) is 0.672. The van der Waals surface area contributed by atoms with Crippen molar-refractivity contribution in [3.63, 3.8) is 0 Å². The minimum Gasteiger partial charge on any atom is -0.281 e. The van der Waals surface area contributed by atoms with E-state index in [1.165, 1.54) is 0 Å². The second-order valence-corrected chi connectivity index (χ2v) is 4.17. The standard InChI is InChI=1S/C7H9ClN2O3S/c8-7-4-2-1-3-6(7)5-13-10-14(9,11)12/h1-4,10H,5H2,(H2,9,11,12). The van der Waals surface area contributed by atoms with Crippen LogP contribution in [0.2, 0.25) is 5.02 Å². The molecule has 1 aromatic rings. The predicted molar refractivity (Wildman–Crippen MR) is 52.5 cm³/mol. The number of benzene rings is 1. The van der Waals surface area contributed by atoms with Crippen LogP contribution < -0.4 is 10.0 Å². The van der Waals surface area contributed by atoms with Crippen LogP contribution in [-0.4, -0.2) is 8.42 Å². The van der Waals surface area contributed by atoms with Gasteiger partial charge in [0.15, 0.2) is 0 Å². The van der Waals surface area contributed by atoms with Crippen molar-refractivity contribution >= 4 is 21.8 Å². The van der Waals surface area contributed by atoms with Crippen molar-refractivity contribution in [1.82, 2.24) is 4.89 Å². The first kappa shape index (κ1) is 11.4. The maximum Gasteiger partial charge on any atom is 0.296 e. The second kappa shape index (κ2) is 4.72. The monoisotopic (exact) mass is 236 g/mol. The average Bonchev–Trinajstić information content (AvgIpc) is 2.06. The predicted octanol–water partition coefficient (Wildman–Crippen LogP) is 0.565. The SMILES string of the molecule is NS(=O)(=O)NOCc1ccccc1Cl. The Balaban J connectivity index is 2.51. The van der Waals surface area contributed by atoms with Gasteiger partial charge >= 0.3 is 0 Å². The Kier molecular flexibility index (Phi) is 3.85. The van der Waals surface area contributed by atoms with Crippen LogP contribution in [0.1, 0.15) is 5.56 Å². The van der Waals surface area contributed by atoms with Crippen LogP contribution >= 0.6 is 11.6 Å². The Morgan fingerprint density at radius 1 is 1.43 bits per heavy atom. The van der Waals surface area contributed by atoms with Gasteiger partial charge in [-0.05, 0) is 11.6 Å². The lowest BCUT2D eigenvalue weighted by molar-refractivity contribution is 0.0796. The van der Waals surface area contributed by atoms with Crippen LogP contribution in [0.4, 0.5) is 0 Å². The molecule has 1 rings (SSSR count). The third-order valence-electron chi connectivity index (χ3n) is 1.36. The lowest BCUT2D eigenvalue weighted by atomic mass is 10.2. The van der Waals surface area contributed by atoms with Crippen molar-refractivity contribution in [2.24, 2.45) is 5.14 Å². The van der Waals surface area contributed by atoms with Gasteiger partial charge in [0.25, 0.3) is 10.2 Å². The molecule has 0 aliphatic rings. The molecule has 0 bridgehead atoms. The largest absolute Gasteiger partial charge is 0.296 e. The Hall–Kier alpha value is -0.660. The molecule has 0 unspecified atom stereocenters. The molecular formula is C7H9ClN2O3S. The molecule has 0 saturated carbocycles. The van der Waals surface area contributed by atoms with Crippen LogP contribution in [0.3, 0.4) is 0 Å². The topological polar surface area (TPSA) is 81.4 Å². The average molecular weight is 237 g/mol. The molecule has 7 heteroatoms. The van der Waals surface area contributed by atoms with Crippen molar-refractivity contribution in [1.29, 1.82) is 0 Å². The van der Waals surface area contributed by atoms with Crippen molar-refractivity contribution in [2.75, 3.05) is 0 Å². The summed E-state index contributed by atoms with van der Waals surface area (Å²) in [5, 5.41) is 5.14. The van der Waals surface area contributed by atoms with Gasteiger partial charge in [0.05, 0.1) is 6.61 Å². The highest BCUT2D eigenvalue weighted by atomic mass is 35.5. The molecular weight excluding hydrogens is 228 g/mol. The molecule has 0 amide bonds. The summed E-state index contributed by atoms with van der Waals surface area (Å²) in [6, 6.07) is 6.92. The Labute approximate surface area is 87.0 Å². The fraction of sp³-hybridized carbons (Fsp3) is 0.143. The summed E-state index contributed by atoms with van der Waals surface area (Å²) in [4.78, 5) is 6.31. The first-order valence-electron chi connectivity index (χ1n) is 3.64. The Morgan fingerprint density at radius 2 is 2.07 bits per heavy atom. The molecule has 0 saturated heterocycles. The Morgan fingerprint density at radius 3 is 2.64 bits per heavy atom. The highest BCUT2D eigenvalue weighted by Gasteiger charge is 2.02. The second-order valence-electron chi connectivity index (χ2n) is 2.51. The van der Waals surface area contributed by atoms with Gasteiger partial charge in [-0.3, -0.25) is 4.84 Å². The van der Waals surface area contributed by atoms with Crippen molar-refractivity contribution in [2.45, 2.75) is 6.61 Å². The highest BCUT2D eigenvalue weighted by molar-refractivity contribution is 7.87. The zero-order valence-corrected chi connectivity index (χ0v) is 8.68. The molecule has 0 radical (unpaired) electrons. The van der Waals surface area contributed by atoms with E-state index in [-0.39, 0.29) is 6.61 Å². The molecule has 0 spiro atoms. The molecule has 5 nitrogen and oxygen atoms in total. The van der Waals surface area contributed by atoms with Crippen LogP contribution in [0.5, 0.6) is 0 Å². The quantitative estimate of drug-likeness (QED) is 0.750. The summed E-state index contributed by atoms with van der Waals surface area (Å²) in [6.45, 7) is 0.0239. The molecule has 1 aromatic carbocycles. The first-order chi connectivity index (χ1) is 6.49. The van der Waals surface area contributed by atoms with Crippen LogP contribution in [0.15, 0.2) is 24.3 Å². The van der Waals surface area contributed by atoms with E-state index in [4.69, 9.17) is 11.6 Å². The van der Waals surface area contributed by atoms with E-state index < -0.39 is 10.2 Å². The summed E-state index contributed by atoms with van der Waals surface area (Å²) in [6.07, 6.45) is 0. The molecule has 78 valence electrons. The van der Waals surface area contributed by atoms with E-state index in [1.54, 1.807) is 29.2 Å². The van der Waals surface area contributed by atoms with Gasteiger partial charge in [-0.25, -0.2) is 5.14 Å². The molecule has 0 atom stereocenters. The van der Waals surface area contributed by atoms with E-state index >= 15 is 0 Å². The van der Waals surface area contributed by atoms with E-state index in [0.717, 1.165) is 0 Å². The molecule has 0 heterocycles. The third kappa shape index (κ3) is 4.03. The molecule has 0 fully saturated rings. The van der Waals surface area contributed by atoms with Crippen molar-refractivity contribution < 1.29 is 13.3 Å². The van der Waals surface area contributed by atoms with Gasteiger partial charge in [-0.2, -0.15) is 8.42 Å². The van der Waals surface area contributed by atoms with Gasteiger partial charge in [0, 0.05) is 5.02 Å². The number of hydrogen-bond donors (Lipinski definition) is 2. The van der Waals surface area contributed by atoms with Gasteiger partial charge in [-0.1, -0.05) is 34.7 Å².